The van der Waals surface area contributed by atoms with Crippen LogP contribution < -0.4 is 5.73 Å². The van der Waals surface area contributed by atoms with Crippen molar-refractivity contribution in [3.8, 4) is 0 Å². The molecule has 88 valence electrons. The van der Waals surface area contributed by atoms with Gasteiger partial charge in [0, 0.05) is 0 Å². The summed E-state index contributed by atoms with van der Waals surface area (Å²) in [5, 5.41) is 0. The summed E-state index contributed by atoms with van der Waals surface area (Å²) in [7, 11) is 1.35. The molecule has 0 aliphatic heterocycles. The molecule has 4 nitrogen and oxygen atoms in total. The minimum absolute atomic E-state index is 0.346. The SMILES string of the molecule is COC(=O)C(C)(C)[C@H](N)c1cccc(Br)n1. The van der Waals surface area contributed by atoms with Crippen molar-refractivity contribution >= 4 is 21.9 Å². The van der Waals surface area contributed by atoms with Crippen LogP contribution in [-0.4, -0.2) is 18.1 Å². The monoisotopic (exact) mass is 286 g/mol. The van der Waals surface area contributed by atoms with Crippen molar-refractivity contribution < 1.29 is 9.53 Å². The van der Waals surface area contributed by atoms with Gasteiger partial charge >= 0.3 is 5.97 Å². The van der Waals surface area contributed by atoms with Crippen molar-refractivity contribution in [3.05, 3.63) is 28.5 Å². The quantitative estimate of drug-likeness (QED) is 0.682. The molecular formula is C11H15BrN2O2. The van der Waals surface area contributed by atoms with Crippen LogP contribution in [0.5, 0.6) is 0 Å². The van der Waals surface area contributed by atoms with Crippen LogP contribution in [-0.2, 0) is 9.53 Å². The van der Waals surface area contributed by atoms with Gasteiger partial charge in [-0.2, -0.15) is 0 Å². The smallest absolute Gasteiger partial charge is 0.313 e. The van der Waals surface area contributed by atoms with Crippen LogP contribution in [0.1, 0.15) is 25.6 Å². The van der Waals surface area contributed by atoms with Gasteiger partial charge in [0.05, 0.1) is 24.3 Å². The van der Waals surface area contributed by atoms with Crippen molar-refractivity contribution in [1.29, 1.82) is 0 Å². The maximum atomic E-state index is 11.6. The van der Waals surface area contributed by atoms with Crippen molar-refractivity contribution in [3.63, 3.8) is 0 Å². The zero-order chi connectivity index (χ0) is 12.3. The summed E-state index contributed by atoms with van der Waals surface area (Å²) in [6.07, 6.45) is 0. The Labute approximate surface area is 103 Å². The number of esters is 1. The Hall–Kier alpha value is -0.940. The van der Waals surface area contributed by atoms with Crippen LogP contribution in [0.15, 0.2) is 22.8 Å². The van der Waals surface area contributed by atoms with Gasteiger partial charge in [-0.25, -0.2) is 4.98 Å². The lowest BCUT2D eigenvalue weighted by Crippen LogP contribution is -2.37. The minimum Gasteiger partial charge on any atom is -0.469 e. The van der Waals surface area contributed by atoms with Crippen LogP contribution in [0.4, 0.5) is 0 Å². The molecule has 1 heterocycles. The number of hydrogen-bond acceptors (Lipinski definition) is 4. The number of carbonyl (C=O) groups is 1. The second kappa shape index (κ2) is 4.93. The second-order valence-corrected chi connectivity index (χ2v) is 4.89. The van der Waals surface area contributed by atoms with E-state index in [9.17, 15) is 4.79 Å². The van der Waals surface area contributed by atoms with Crippen molar-refractivity contribution in [2.24, 2.45) is 11.1 Å². The number of pyridine rings is 1. The van der Waals surface area contributed by atoms with Gasteiger partial charge in [0.1, 0.15) is 4.60 Å². The fourth-order valence-electron chi connectivity index (χ4n) is 1.36. The third-order valence-electron chi connectivity index (χ3n) is 2.54. The van der Waals surface area contributed by atoms with Gasteiger partial charge in [-0.05, 0) is 41.9 Å². The number of nitrogens with zero attached hydrogens (tertiary/aromatic N) is 1. The molecule has 2 N–H and O–H groups in total. The van der Waals surface area contributed by atoms with E-state index in [0.29, 0.717) is 10.3 Å². The molecule has 0 spiro atoms. The van der Waals surface area contributed by atoms with Gasteiger partial charge in [0.2, 0.25) is 0 Å². The van der Waals surface area contributed by atoms with Gasteiger partial charge in [0.15, 0.2) is 0 Å². The highest BCUT2D eigenvalue weighted by molar-refractivity contribution is 9.10. The molecule has 0 unspecified atom stereocenters. The van der Waals surface area contributed by atoms with Crippen molar-refractivity contribution in [1.82, 2.24) is 4.98 Å². The molecule has 5 heteroatoms. The number of carbonyl (C=O) groups excluding carboxylic acids is 1. The molecule has 16 heavy (non-hydrogen) atoms. The lowest BCUT2D eigenvalue weighted by molar-refractivity contribution is -0.152. The molecule has 0 aliphatic rings. The molecule has 0 saturated heterocycles. The van der Waals surface area contributed by atoms with E-state index in [1.54, 1.807) is 26.0 Å². The Bertz CT molecular complexity index is 393. The lowest BCUT2D eigenvalue weighted by atomic mass is 9.83. The zero-order valence-corrected chi connectivity index (χ0v) is 11.1. The van der Waals surface area contributed by atoms with Crippen LogP contribution in [0.2, 0.25) is 0 Å². The topological polar surface area (TPSA) is 65.2 Å². The predicted molar refractivity (Wildman–Crippen MR) is 64.7 cm³/mol. The largest absolute Gasteiger partial charge is 0.469 e. The van der Waals surface area contributed by atoms with Crippen molar-refractivity contribution in [2.45, 2.75) is 19.9 Å². The van der Waals surface area contributed by atoms with Crippen LogP contribution >= 0.6 is 15.9 Å². The summed E-state index contributed by atoms with van der Waals surface area (Å²) in [6.45, 7) is 3.48. The average molecular weight is 287 g/mol. The van der Waals surface area contributed by atoms with E-state index in [0.717, 1.165) is 0 Å². The number of ether oxygens (including phenoxy) is 1. The normalized spacial score (nSPS) is 13.3. The third-order valence-corrected chi connectivity index (χ3v) is 2.99. The van der Waals surface area contributed by atoms with E-state index >= 15 is 0 Å². The van der Waals surface area contributed by atoms with E-state index in [2.05, 4.69) is 20.9 Å². The Morgan fingerprint density at radius 1 is 1.56 bits per heavy atom. The Morgan fingerprint density at radius 2 is 2.19 bits per heavy atom. The third kappa shape index (κ3) is 2.59. The molecule has 1 rings (SSSR count). The minimum atomic E-state index is -0.803. The maximum absolute atomic E-state index is 11.6. The molecular weight excluding hydrogens is 272 g/mol. The molecule has 0 aromatic carbocycles. The van der Waals surface area contributed by atoms with Gasteiger partial charge in [-0.1, -0.05) is 6.07 Å². The maximum Gasteiger partial charge on any atom is 0.313 e. The summed E-state index contributed by atoms with van der Waals surface area (Å²) >= 11 is 3.27. The Balaban J connectivity index is 3.01. The van der Waals surface area contributed by atoms with Crippen LogP contribution in [0, 0.1) is 5.41 Å². The molecule has 0 amide bonds. The Kier molecular flexibility index (Phi) is 4.04. The fourth-order valence-corrected chi connectivity index (χ4v) is 1.71. The van der Waals surface area contributed by atoms with Gasteiger partial charge in [-0.3, -0.25) is 4.79 Å². The zero-order valence-electron chi connectivity index (χ0n) is 9.53. The first-order valence-electron chi connectivity index (χ1n) is 4.86. The van der Waals surface area contributed by atoms with E-state index < -0.39 is 11.5 Å². The number of aromatic nitrogens is 1. The van der Waals surface area contributed by atoms with Crippen LogP contribution in [0.3, 0.4) is 0 Å². The highest BCUT2D eigenvalue weighted by Gasteiger charge is 2.37. The van der Waals surface area contributed by atoms with Crippen LogP contribution in [0.25, 0.3) is 0 Å². The van der Waals surface area contributed by atoms with E-state index in [4.69, 9.17) is 10.5 Å². The summed E-state index contributed by atoms with van der Waals surface area (Å²) in [6, 6.07) is 4.93. The Morgan fingerprint density at radius 3 is 2.69 bits per heavy atom. The number of halogens is 1. The summed E-state index contributed by atoms with van der Waals surface area (Å²) in [5.41, 5.74) is 5.89. The van der Waals surface area contributed by atoms with E-state index in [1.165, 1.54) is 7.11 Å². The van der Waals surface area contributed by atoms with E-state index in [1.807, 2.05) is 6.07 Å². The second-order valence-electron chi connectivity index (χ2n) is 4.08. The molecule has 0 fully saturated rings. The van der Waals surface area contributed by atoms with Gasteiger partial charge < -0.3 is 10.5 Å². The molecule has 1 aromatic rings. The molecule has 0 radical (unpaired) electrons. The number of methoxy groups -OCH3 is 1. The molecule has 0 aliphatic carbocycles. The summed E-state index contributed by atoms with van der Waals surface area (Å²) < 4.78 is 5.42. The number of rotatable bonds is 3. The van der Waals surface area contributed by atoms with Crippen molar-refractivity contribution in [2.75, 3.05) is 7.11 Å². The molecule has 0 saturated carbocycles. The number of nitrogens with two attached hydrogens (primary N) is 1. The average Bonchev–Trinajstić information content (AvgIpc) is 2.26. The fraction of sp³-hybridized carbons (Fsp3) is 0.455. The molecule has 1 atom stereocenters. The first-order valence-corrected chi connectivity index (χ1v) is 5.65. The lowest BCUT2D eigenvalue weighted by Gasteiger charge is -2.28. The molecule has 1 aromatic heterocycles. The summed E-state index contributed by atoms with van der Waals surface area (Å²) in [5.74, 6) is -0.346. The first kappa shape index (κ1) is 13.1. The highest BCUT2D eigenvalue weighted by Crippen LogP contribution is 2.31. The first-order chi connectivity index (χ1) is 7.39. The molecule has 0 bridgehead atoms. The number of hydrogen-bond donors (Lipinski definition) is 1. The van der Waals surface area contributed by atoms with Gasteiger partial charge in [-0.15, -0.1) is 0 Å². The predicted octanol–water partition coefficient (Wildman–Crippen LogP) is 2.04. The highest BCUT2D eigenvalue weighted by atomic mass is 79.9. The van der Waals surface area contributed by atoms with Gasteiger partial charge in [0.25, 0.3) is 0 Å². The summed E-state index contributed by atoms with van der Waals surface area (Å²) in [4.78, 5) is 15.8. The van der Waals surface area contributed by atoms with E-state index in [-0.39, 0.29) is 5.97 Å². The standard InChI is InChI=1S/C11H15BrN2O2/c1-11(2,10(15)16-3)9(13)7-5-4-6-8(12)14-7/h4-6,9H,13H2,1-3H3/t9-/m1/s1.